The molecule has 0 spiro atoms. The molecule has 1 atom stereocenters. The Morgan fingerprint density at radius 2 is 2.27 bits per heavy atom. The minimum atomic E-state index is -0.589. The van der Waals surface area contributed by atoms with E-state index in [0.29, 0.717) is 28.2 Å². The van der Waals surface area contributed by atoms with Crippen molar-refractivity contribution >= 4 is 29.5 Å². The van der Waals surface area contributed by atoms with Crippen molar-refractivity contribution in [1.29, 1.82) is 0 Å². The molecule has 4 rings (SSSR count). The van der Waals surface area contributed by atoms with Gasteiger partial charge in [0.15, 0.2) is 0 Å². The maximum absolute atomic E-state index is 14.9. The van der Waals surface area contributed by atoms with Gasteiger partial charge in [0.25, 0.3) is 0 Å². The molecule has 30 heavy (non-hydrogen) atoms. The van der Waals surface area contributed by atoms with Crippen LogP contribution in [0.2, 0.25) is 0 Å². The highest BCUT2D eigenvalue weighted by Gasteiger charge is 2.32. The van der Waals surface area contributed by atoms with Crippen molar-refractivity contribution in [3.63, 3.8) is 0 Å². The molecule has 9 nitrogen and oxygen atoms in total. The third-order valence-electron chi connectivity index (χ3n) is 4.76. The number of hydrogen-bond donors (Lipinski definition) is 2. The molecule has 2 aromatic heterocycles. The summed E-state index contributed by atoms with van der Waals surface area (Å²) in [5.74, 6) is -0.719. The van der Waals surface area contributed by atoms with Crippen molar-refractivity contribution < 1.29 is 23.9 Å². The number of carbonyl (C=O) groups is 2. The van der Waals surface area contributed by atoms with E-state index in [2.05, 4.69) is 15.5 Å². The van der Waals surface area contributed by atoms with Gasteiger partial charge in [-0.1, -0.05) is 5.16 Å². The maximum atomic E-state index is 14.9. The lowest BCUT2D eigenvalue weighted by Gasteiger charge is -2.14. The predicted molar refractivity (Wildman–Crippen MR) is 106 cm³/mol. The average molecular weight is 411 g/mol. The minimum Gasteiger partial charge on any atom is -0.442 e. The molecule has 10 heteroatoms. The lowest BCUT2D eigenvalue weighted by molar-refractivity contribution is -0.119. The van der Waals surface area contributed by atoms with E-state index in [1.54, 1.807) is 34.9 Å². The van der Waals surface area contributed by atoms with Crippen LogP contribution in [-0.4, -0.2) is 52.0 Å². The van der Waals surface area contributed by atoms with Crippen molar-refractivity contribution in [2.24, 2.45) is 5.16 Å². The Bertz CT molecular complexity index is 1160. The van der Waals surface area contributed by atoms with E-state index in [1.165, 1.54) is 30.3 Å². The number of ether oxygens (including phenoxy) is 1. The summed E-state index contributed by atoms with van der Waals surface area (Å²) in [5.41, 5.74) is 2.47. The number of amides is 2. The highest BCUT2D eigenvalue weighted by Crippen LogP contribution is 2.29. The lowest BCUT2D eigenvalue weighted by atomic mass is 10.1. The van der Waals surface area contributed by atoms with Crippen molar-refractivity contribution in [2.75, 3.05) is 18.0 Å². The van der Waals surface area contributed by atoms with E-state index in [0.717, 1.165) is 0 Å². The first kappa shape index (κ1) is 19.4. The summed E-state index contributed by atoms with van der Waals surface area (Å²) in [4.78, 5) is 28.7. The topological polar surface area (TPSA) is 109 Å². The molecule has 0 aliphatic carbocycles. The molecule has 154 valence electrons. The highest BCUT2D eigenvalue weighted by molar-refractivity contribution is 5.90. The van der Waals surface area contributed by atoms with Gasteiger partial charge in [-0.25, -0.2) is 14.2 Å². The second-order valence-electron chi connectivity index (χ2n) is 6.79. The maximum Gasteiger partial charge on any atom is 0.414 e. The van der Waals surface area contributed by atoms with Gasteiger partial charge < -0.3 is 15.3 Å². The molecule has 0 bridgehead atoms. The quantitative estimate of drug-likeness (QED) is 0.381. The van der Waals surface area contributed by atoms with Gasteiger partial charge in [-0.2, -0.15) is 0 Å². The largest absolute Gasteiger partial charge is 0.442 e. The van der Waals surface area contributed by atoms with Crippen LogP contribution in [0.15, 0.2) is 47.9 Å². The fraction of sp³-hybridized carbons (Fsp3) is 0.200. The SMILES string of the molecule is CC(=O)NC[C@@H]1CN(c2ccc(-c3ccn4c(/C=N/O)cnc4c3)c(F)c2)C(=O)O1. The van der Waals surface area contributed by atoms with Gasteiger partial charge >= 0.3 is 6.09 Å². The average Bonchev–Trinajstić information content (AvgIpc) is 3.29. The van der Waals surface area contributed by atoms with E-state index in [-0.39, 0.29) is 19.0 Å². The zero-order valence-corrected chi connectivity index (χ0v) is 15.9. The first-order valence-electron chi connectivity index (χ1n) is 9.13. The molecule has 3 aromatic rings. The molecule has 1 aliphatic heterocycles. The standard InChI is InChI=1S/C20H18FN5O4/c1-12(27)22-10-16-11-26(20(28)30-16)14-2-3-17(18(21)7-14)13-4-5-25-15(9-24-29)8-23-19(25)6-13/h2-9,16,29H,10-11H2,1H3,(H,22,27)/b24-9+/t16-/m1/s1. The number of nitrogens with zero attached hydrogens (tertiary/aromatic N) is 4. The molecular formula is C20H18FN5O4. The molecule has 0 saturated carbocycles. The highest BCUT2D eigenvalue weighted by atomic mass is 19.1. The van der Waals surface area contributed by atoms with Gasteiger partial charge in [-0.05, 0) is 35.9 Å². The first-order chi connectivity index (χ1) is 14.5. The second-order valence-corrected chi connectivity index (χ2v) is 6.79. The Morgan fingerprint density at radius 3 is 3.00 bits per heavy atom. The fourth-order valence-corrected chi connectivity index (χ4v) is 3.32. The molecule has 2 N–H and O–H groups in total. The molecule has 1 aromatic carbocycles. The number of oxime groups is 1. The second kappa shape index (κ2) is 7.82. The number of rotatable bonds is 5. The number of cyclic esters (lactones) is 1. The summed E-state index contributed by atoms with van der Waals surface area (Å²) in [5, 5.41) is 14.3. The van der Waals surface area contributed by atoms with E-state index in [9.17, 15) is 14.0 Å². The summed E-state index contributed by atoms with van der Waals surface area (Å²) in [6.07, 6.45) is 3.41. The van der Waals surface area contributed by atoms with E-state index in [1.807, 2.05) is 0 Å². The molecule has 3 heterocycles. The third-order valence-corrected chi connectivity index (χ3v) is 4.76. The number of aromatic nitrogens is 2. The summed E-state index contributed by atoms with van der Waals surface area (Å²) in [6.45, 7) is 1.79. The van der Waals surface area contributed by atoms with Crippen LogP contribution in [0.3, 0.4) is 0 Å². The van der Waals surface area contributed by atoms with Crippen molar-refractivity contribution in [3.8, 4) is 11.1 Å². The zero-order valence-electron chi connectivity index (χ0n) is 15.9. The molecule has 1 saturated heterocycles. The number of anilines is 1. The summed E-state index contributed by atoms with van der Waals surface area (Å²) in [7, 11) is 0. The predicted octanol–water partition coefficient (Wildman–Crippen LogP) is 2.41. The number of pyridine rings is 1. The Kier molecular flexibility index (Phi) is 5.05. The fourth-order valence-electron chi connectivity index (χ4n) is 3.32. The molecule has 2 amide bonds. The number of imidazole rings is 1. The van der Waals surface area contributed by atoms with Gasteiger partial charge in [0, 0.05) is 18.7 Å². The first-order valence-corrected chi connectivity index (χ1v) is 9.13. The van der Waals surface area contributed by atoms with Crippen LogP contribution in [-0.2, 0) is 9.53 Å². The van der Waals surface area contributed by atoms with Crippen LogP contribution in [0.1, 0.15) is 12.6 Å². The van der Waals surface area contributed by atoms with Crippen LogP contribution in [0.4, 0.5) is 14.9 Å². The Balaban J connectivity index is 1.57. The smallest absolute Gasteiger partial charge is 0.414 e. The summed E-state index contributed by atoms with van der Waals surface area (Å²) < 4.78 is 21.8. The van der Waals surface area contributed by atoms with Crippen molar-refractivity contribution in [2.45, 2.75) is 13.0 Å². The number of halogens is 1. The molecule has 1 fully saturated rings. The molecule has 1 aliphatic rings. The Hall–Kier alpha value is -3.95. The molecular weight excluding hydrogens is 393 g/mol. The van der Waals surface area contributed by atoms with Gasteiger partial charge in [0.1, 0.15) is 17.6 Å². The van der Waals surface area contributed by atoms with Crippen LogP contribution < -0.4 is 10.2 Å². The number of hydrogen-bond acceptors (Lipinski definition) is 6. The summed E-state index contributed by atoms with van der Waals surface area (Å²) >= 11 is 0. The number of nitrogens with one attached hydrogen (secondary N) is 1. The third kappa shape index (κ3) is 3.66. The van der Waals surface area contributed by atoms with Crippen molar-refractivity contribution in [1.82, 2.24) is 14.7 Å². The Morgan fingerprint density at radius 1 is 1.43 bits per heavy atom. The molecule has 0 radical (unpaired) electrons. The van der Waals surface area contributed by atoms with E-state index >= 15 is 0 Å². The number of carbonyl (C=O) groups excluding carboxylic acids is 2. The van der Waals surface area contributed by atoms with Crippen molar-refractivity contribution in [3.05, 3.63) is 54.2 Å². The van der Waals surface area contributed by atoms with Gasteiger partial charge in [-0.15, -0.1) is 0 Å². The minimum absolute atomic E-state index is 0.200. The Labute approximate surface area is 170 Å². The monoisotopic (exact) mass is 411 g/mol. The zero-order chi connectivity index (χ0) is 21.3. The number of benzene rings is 1. The normalized spacial score (nSPS) is 16.4. The van der Waals surface area contributed by atoms with Gasteiger partial charge in [0.2, 0.25) is 5.91 Å². The number of fused-ring (bicyclic) bond motifs is 1. The van der Waals surface area contributed by atoms with Crippen LogP contribution >= 0.6 is 0 Å². The van der Waals surface area contributed by atoms with E-state index in [4.69, 9.17) is 9.94 Å². The molecule has 0 unspecified atom stereocenters. The lowest BCUT2D eigenvalue weighted by Crippen LogP contribution is -2.33. The summed E-state index contributed by atoms with van der Waals surface area (Å²) in [6, 6.07) is 7.93. The van der Waals surface area contributed by atoms with Gasteiger partial charge in [-0.3, -0.25) is 14.1 Å². The van der Waals surface area contributed by atoms with Crippen LogP contribution in [0.5, 0.6) is 0 Å². The van der Waals surface area contributed by atoms with Crippen LogP contribution in [0.25, 0.3) is 16.8 Å². The van der Waals surface area contributed by atoms with Gasteiger partial charge in [0.05, 0.1) is 36.9 Å². The van der Waals surface area contributed by atoms with Crippen LogP contribution in [0, 0.1) is 5.82 Å². The van der Waals surface area contributed by atoms with E-state index < -0.39 is 18.0 Å².